The molecule has 2 aromatic rings. The quantitative estimate of drug-likeness (QED) is 0.761. The van der Waals surface area contributed by atoms with Gasteiger partial charge in [-0.1, -0.05) is 30.5 Å². The summed E-state index contributed by atoms with van der Waals surface area (Å²) in [7, 11) is 1.57. The van der Waals surface area contributed by atoms with E-state index in [1.54, 1.807) is 13.2 Å². The highest BCUT2D eigenvalue weighted by Gasteiger charge is 2.31. The van der Waals surface area contributed by atoms with E-state index < -0.39 is 0 Å². The number of hydrogen-bond donors (Lipinski definition) is 1. The number of carbonyl (C=O) groups excluding carboxylic acids is 2. The largest absolute Gasteiger partial charge is 0.495 e. The number of benzene rings is 1. The van der Waals surface area contributed by atoms with E-state index in [2.05, 4.69) is 10.5 Å². The molecule has 1 aliphatic carbocycles. The third-order valence-electron chi connectivity index (χ3n) is 6.46. The highest BCUT2D eigenvalue weighted by atomic mass is 16.5. The first-order chi connectivity index (χ1) is 15.0. The summed E-state index contributed by atoms with van der Waals surface area (Å²) in [6.45, 7) is 3.41. The number of aromatic nitrogens is 1. The van der Waals surface area contributed by atoms with Gasteiger partial charge < -0.3 is 19.5 Å². The lowest BCUT2D eigenvalue weighted by molar-refractivity contribution is -0.137. The molecule has 0 bridgehead atoms. The lowest BCUT2D eigenvalue weighted by Gasteiger charge is -2.35. The van der Waals surface area contributed by atoms with Crippen molar-refractivity contribution >= 4 is 17.5 Å². The number of hydrogen-bond acceptors (Lipinski definition) is 5. The minimum absolute atomic E-state index is 0.0973. The molecule has 0 spiro atoms. The van der Waals surface area contributed by atoms with Crippen LogP contribution in [0.25, 0.3) is 0 Å². The highest BCUT2D eigenvalue weighted by Crippen LogP contribution is 2.31. The number of nitrogens with one attached hydrogen (secondary N) is 1. The molecule has 0 radical (unpaired) electrons. The number of anilines is 1. The SMILES string of the molecule is COc1ccc(C)cc1NC(=O)c1cc([C@@H]2CCCN(C(=O)C3CCCCC3)C2)no1. The molecule has 1 saturated carbocycles. The smallest absolute Gasteiger partial charge is 0.294 e. The van der Waals surface area contributed by atoms with Crippen LogP contribution in [0.15, 0.2) is 28.8 Å². The van der Waals surface area contributed by atoms with Crippen LogP contribution in [-0.2, 0) is 4.79 Å². The number of likely N-dealkylation sites (tertiary alicyclic amines) is 1. The number of ether oxygens (including phenoxy) is 1. The highest BCUT2D eigenvalue weighted by molar-refractivity contribution is 6.03. The summed E-state index contributed by atoms with van der Waals surface area (Å²) in [6.07, 6.45) is 7.45. The molecule has 0 unspecified atom stereocenters. The van der Waals surface area contributed by atoms with Crippen LogP contribution in [0.5, 0.6) is 5.75 Å². The van der Waals surface area contributed by atoms with Gasteiger partial charge in [0.05, 0.1) is 18.5 Å². The van der Waals surface area contributed by atoms with Crippen molar-refractivity contribution in [3.63, 3.8) is 0 Å². The van der Waals surface area contributed by atoms with Crippen molar-refractivity contribution in [2.45, 2.75) is 57.8 Å². The lowest BCUT2D eigenvalue weighted by Crippen LogP contribution is -2.42. The molecule has 2 fully saturated rings. The van der Waals surface area contributed by atoms with Crippen LogP contribution < -0.4 is 10.1 Å². The van der Waals surface area contributed by atoms with Crippen molar-refractivity contribution in [1.82, 2.24) is 10.1 Å². The fraction of sp³-hybridized carbons (Fsp3) is 0.542. The van der Waals surface area contributed by atoms with Gasteiger partial charge in [0.1, 0.15) is 5.75 Å². The number of rotatable bonds is 5. The van der Waals surface area contributed by atoms with E-state index in [-0.39, 0.29) is 29.4 Å². The lowest BCUT2D eigenvalue weighted by atomic mass is 9.87. The van der Waals surface area contributed by atoms with Crippen molar-refractivity contribution in [1.29, 1.82) is 0 Å². The Morgan fingerprint density at radius 2 is 1.94 bits per heavy atom. The van der Waals surface area contributed by atoms with Crippen LogP contribution >= 0.6 is 0 Å². The van der Waals surface area contributed by atoms with Crippen LogP contribution in [-0.4, -0.2) is 42.1 Å². The fourth-order valence-corrected chi connectivity index (χ4v) is 4.72. The van der Waals surface area contributed by atoms with Gasteiger partial charge in [-0.05, 0) is 50.3 Å². The normalized spacial score (nSPS) is 19.8. The number of amides is 2. The Bertz CT molecular complexity index is 933. The first kappa shape index (κ1) is 21.4. The average molecular weight is 426 g/mol. The van der Waals surface area contributed by atoms with Gasteiger partial charge in [-0.3, -0.25) is 9.59 Å². The Balaban J connectivity index is 1.41. The molecule has 7 nitrogen and oxygen atoms in total. The van der Waals surface area contributed by atoms with Crippen LogP contribution in [0, 0.1) is 12.8 Å². The number of piperidine rings is 1. The van der Waals surface area contributed by atoms with E-state index in [4.69, 9.17) is 9.26 Å². The van der Waals surface area contributed by atoms with Gasteiger partial charge in [0.15, 0.2) is 0 Å². The average Bonchev–Trinajstić information content (AvgIpc) is 3.30. The molecule has 2 aliphatic rings. The Morgan fingerprint density at radius 3 is 2.71 bits per heavy atom. The van der Waals surface area contributed by atoms with Crippen LogP contribution in [0.2, 0.25) is 0 Å². The zero-order chi connectivity index (χ0) is 21.8. The van der Waals surface area contributed by atoms with Gasteiger partial charge in [-0.15, -0.1) is 0 Å². The van der Waals surface area contributed by atoms with Gasteiger partial charge in [-0.25, -0.2) is 0 Å². The third kappa shape index (κ3) is 4.92. The topological polar surface area (TPSA) is 84.7 Å². The van der Waals surface area contributed by atoms with E-state index in [9.17, 15) is 9.59 Å². The van der Waals surface area contributed by atoms with Crippen molar-refractivity contribution in [3.05, 3.63) is 41.3 Å². The molecular weight excluding hydrogens is 394 g/mol. The number of nitrogens with zero attached hydrogens (tertiary/aromatic N) is 2. The second-order valence-electron chi connectivity index (χ2n) is 8.73. The Kier molecular flexibility index (Phi) is 6.59. The van der Waals surface area contributed by atoms with E-state index in [0.717, 1.165) is 56.3 Å². The number of aryl methyl sites for hydroxylation is 1. The van der Waals surface area contributed by atoms with E-state index >= 15 is 0 Å². The molecule has 1 N–H and O–H groups in total. The van der Waals surface area contributed by atoms with E-state index in [1.165, 1.54) is 6.42 Å². The molecule has 1 aromatic carbocycles. The van der Waals surface area contributed by atoms with E-state index in [1.807, 2.05) is 30.0 Å². The summed E-state index contributed by atoms with van der Waals surface area (Å²) >= 11 is 0. The Hall–Kier alpha value is -2.83. The van der Waals surface area contributed by atoms with Gasteiger partial charge in [0.25, 0.3) is 5.91 Å². The summed E-state index contributed by atoms with van der Waals surface area (Å²) < 4.78 is 10.7. The first-order valence-electron chi connectivity index (χ1n) is 11.3. The molecule has 1 aromatic heterocycles. The number of carbonyl (C=O) groups is 2. The maximum Gasteiger partial charge on any atom is 0.294 e. The van der Waals surface area contributed by atoms with Crippen molar-refractivity contribution in [3.8, 4) is 5.75 Å². The number of methoxy groups -OCH3 is 1. The van der Waals surface area contributed by atoms with Gasteiger partial charge in [0.2, 0.25) is 11.7 Å². The van der Waals surface area contributed by atoms with Crippen molar-refractivity contribution in [2.75, 3.05) is 25.5 Å². The molecule has 2 amide bonds. The molecule has 1 atom stereocenters. The van der Waals surface area contributed by atoms with E-state index in [0.29, 0.717) is 18.0 Å². The zero-order valence-electron chi connectivity index (χ0n) is 18.4. The Labute approximate surface area is 183 Å². The zero-order valence-corrected chi connectivity index (χ0v) is 18.4. The maximum atomic E-state index is 12.9. The van der Waals surface area contributed by atoms with Crippen molar-refractivity contribution < 1.29 is 18.8 Å². The summed E-state index contributed by atoms with van der Waals surface area (Å²) in [4.78, 5) is 27.6. The minimum Gasteiger partial charge on any atom is -0.495 e. The predicted octanol–water partition coefficient (Wildman–Crippen LogP) is 4.53. The maximum absolute atomic E-state index is 12.9. The first-order valence-corrected chi connectivity index (χ1v) is 11.3. The molecule has 31 heavy (non-hydrogen) atoms. The third-order valence-corrected chi connectivity index (χ3v) is 6.46. The van der Waals surface area contributed by atoms with Crippen LogP contribution in [0.3, 0.4) is 0 Å². The summed E-state index contributed by atoms with van der Waals surface area (Å²) in [5.74, 6) is 0.943. The second-order valence-corrected chi connectivity index (χ2v) is 8.73. The standard InChI is InChI=1S/C24H31N3O4/c1-16-10-11-21(30-2)20(13-16)25-23(28)22-14-19(26-31-22)18-9-6-12-27(15-18)24(29)17-7-4-3-5-8-17/h10-11,13-14,17-18H,3-9,12,15H2,1-2H3,(H,25,28)/t18-/m1/s1. The predicted molar refractivity (Wildman–Crippen MR) is 117 cm³/mol. The van der Waals surface area contributed by atoms with Crippen LogP contribution in [0.4, 0.5) is 5.69 Å². The van der Waals surface area contributed by atoms with Crippen LogP contribution in [0.1, 0.15) is 72.7 Å². The Morgan fingerprint density at radius 1 is 1.13 bits per heavy atom. The van der Waals surface area contributed by atoms with Gasteiger partial charge >= 0.3 is 0 Å². The molecule has 166 valence electrons. The fourth-order valence-electron chi connectivity index (χ4n) is 4.72. The molecule has 7 heteroatoms. The molecule has 1 aliphatic heterocycles. The monoisotopic (exact) mass is 425 g/mol. The van der Waals surface area contributed by atoms with Gasteiger partial charge in [-0.2, -0.15) is 0 Å². The summed E-state index contributed by atoms with van der Waals surface area (Å²) in [5, 5.41) is 7.01. The molecule has 4 rings (SSSR count). The molecular formula is C24H31N3O4. The van der Waals surface area contributed by atoms with Gasteiger partial charge in [0, 0.05) is 31.0 Å². The molecule has 2 heterocycles. The summed E-state index contributed by atoms with van der Waals surface area (Å²) in [6, 6.07) is 7.29. The van der Waals surface area contributed by atoms with Crippen molar-refractivity contribution in [2.24, 2.45) is 5.92 Å². The summed E-state index contributed by atoms with van der Waals surface area (Å²) in [5.41, 5.74) is 2.34. The minimum atomic E-state index is -0.367. The molecule has 1 saturated heterocycles. The second kappa shape index (κ2) is 9.54.